The third-order valence-electron chi connectivity index (χ3n) is 6.74. The lowest BCUT2D eigenvalue weighted by Gasteiger charge is -2.33. The van der Waals surface area contributed by atoms with Crippen LogP contribution in [0, 0.1) is 0 Å². The van der Waals surface area contributed by atoms with Crippen LogP contribution >= 0.6 is 0 Å². The highest BCUT2D eigenvalue weighted by atomic mass is 32.2. The first-order valence-corrected chi connectivity index (χ1v) is 13.8. The number of benzene rings is 3. The Labute approximate surface area is 206 Å². The molecule has 1 aromatic heterocycles. The number of nitrogens with zero attached hydrogens (tertiary/aromatic N) is 3. The fraction of sp³-hybridized carbons (Fsp3) is 0.296. The molecule has 182 valence electrons. The quantitative estimate of drug-likeness (QED) is 0.441. The van der Waals surface area contributed by atoms with Crippen LogP contribution in [0.5, 0.6) is 0 Å². The van der Waals surface area contributed by atoms with Crippen molar-refractivity contribution >= 4 is 43.4 Å². The van der Waals surface area contributed by atoms with E-state index in [4.69, 9.17) is 0 Å². The molecule has 0 saturated carbocycles. The minimum Gasteiger partial charge on any atom is -0.341 e. The summed E-state index contributed by atoms with van der Waals surface area (Å²) in [7, 11) is -3.14. The van der Waals surface area contributed by atoms with Crippen molar-refractivity contribution in [1.82, 2.24) is 13.8 Å². The van der Waals surface area contributed by atoms with Crippen LogP contribution in [0.3, 0.4) is 0 Å². The standard InChI is InChI=1S/C27H30N4O3S/c1-3-31-25-10-5-4-9-23(25)24-18-22(11-12-26(24)31)28-27(32)21-8-6-7-20(17-21)19-29-13-15-30(16-14-29)35(2,33)34/h4-12,17-18H,3,13-16,19H2,1-2H3,(H,28,32). The molecular weight excluding hydrogens is 460 g/mol. The van der Waals surface area contributed by atoms with E-state index in [0.29, 0.717) is 38.3 Å². The van der Waals surface area contributed by atoms with Crippen LogP contribution in [-0.4, -0.2) is 60.5 Å². The lowest BCUT2D eigenvalue weighted by Crippen LogP contribution is -2.47. The molecular formula is C27H30N4O3S. The Morgan fingerprint density at radius 2 is 1.63 bits per heavy atom. The lowest BCUT2D eigenvalue weighted by molar-refractivity contribution is 0.102. The first-order valence-electron chi connectivity index (χ1n) is 11.9. The number of amides is 1. The maximum absolute atomic E-state index is 13.1. The molecule has 2 heterocycles. The number of piperazine rings is 1. The van der Waals surface area contributed by atoms with E-state index in [-0.39, 0.29) is 5.91 Å². The van der Waals surface area contributed by atoms with Gasteiger partial charge in [-0.3, -0.25) is 9.69 Å². The molecule has 0 spiro atoms. The molecule has 35 heavy (non-hydrogen) atoms. The molecule has 8 heteroatoms. The van der Waals surface area contributed by atoms with E-state index < -0.39 is 10.0 Å². The van der Waals surface area contributed by atoms with E-state index in [0.717, 1.165) is 28.7 Å². The van der Waals surface area contributed by atoms with Crippen LogP contribution in [0.2, 0.25) is 0 Å². The highest BCUT2D eigenvalue weighted by Gasteiger charge is 2.23. The summed E-state index contributed by atoms with van der Waals surface area (Å²) in [5.74, 6) is -0.146. The van der Waals surface area contributed by atoms with E-state index in [2.05, 4.69) is 46.0 Å². The van der Waals surface area contributed by atoms with Gasteiger partial charge in [0.15, 0.2) is 0 Å². The molecule has 1 amide bonds. The Balaban J connectivity index is 1.31. The zero-order valence-corrected chi connectivity index (χ0v) is 20.9. The summed E-state index contributed by atoms with van der Waals surface area (Å²) in [5, 5.41) is 5.37. The number of carbonyl (C=O) groups is 1. The first-order chi connectivity index (χ1) is 16.8. The van der Waals surface area contributed by atoms with Gasteiger partial charge in [-0.25, -0.2) is 8.42 Å². The molecule has 1 N–H and O–H groups in total. The molecule has 7 nitrogen and oxygen atoms in total. The van der Waals surface area contributed by atoms with Crippen LogP contribution < -0.4 is 5.32 Å². The SMILES string of the molecule is CCn1c2ccccc2c2cc(NC(=O)c3cccc(CN4CCN(S(C)(=O)=O)CC4)c3)ccc21. The van der Waals surface area contributed by atoms with Crippen molar-refractivity contribution < 1.29 is 13.2 Å². The molecule has 5 rings (SSSR count). The maximum atomic E-state index is 13.1. The van der Waals surface area contributed by atoms with Gasteiger partial charge in [0.2, 0.25) is 10.0 Å². The summed E-state index contributed by atoms with van der Waals surface area (Å²) in [6.07, 6.45) is 1.25. The summed E-state index contributed by atoms with van der Waals surface area (Å²) < 4.78 is 27.3. The largest absolute Gasteiger partial charge is 0.341 e. The summed E-state index contributed by atoms with van der Waals surface area (Å²) in [6, 6.07) is 22.1. The third-order valence-corrected chi connectivity index (χ3v) is 8.05. The molecule has 4 aromatic rings. The predicted molar refractivity (Wildman–Crippen MR) is 141 cm³/mol. The topological polar surface area (TPSA) is 74.7 Å². The highest BCUT2D eigenvalue weighted by molar-refractivity contribution is 7.88. The minimum atomic E-state index is -3.14. The van der Waals surface area contributed by atoms with Gasteiger partial charge in [-0.05, 0) is 48.9 Å². The molecule has 0 atom stereocenters. The van der Waals surface area contributed by atoms with Crippen LogP contribution in [-0.2, 0) is 23.1 Å². The van der Waals surface area contributed by atoms with Crippen molar-refractivity contribution in [2.75, 3.05) is 37.8 Å². The van der Waals surface area contributed by atoms with Gasteiger partial charge in [0.1, 0.15) is 0 Å². The third kappa shape index (κ3) is 4.82. The lowest BCUT2D eigenvalue weighted by atomic mass is 10.1. The number of hydrogen-bond donors (Lipinski definition) is 1. The van der Waals surface area contributed by atoms with Crippen LogP contribution in [0.1, 0.15) is 22.8 Å². The number of carbonyl (C=O) groups excluding carboxylic acids is 1. The van der Waals surface area contributed by atoms with Crippen molar-refractivity contribution in [2.45, 2.75) is 20.0 Å². The first kappa shape index (κ1) is 23.5. The summed E-state index contributed by atoms with van der Waals surface area (Å²) in [4.78, 5) is 15.3. The Morgan fingerprint density at radius 3 is 2.37 bits per heavy atom. The smallest absolute Gasteiger partial charge is 0.255 e. The molecule has 0 unspecified atom stereocenters. The molecule has 0 radical (unpaired) electrons. The van der Waals surface area contributed by atoms with Gasteiger partial charge in [-0.2, -0.15) is 4.31 Å². The van der Waals surface area contributed by atoms with Crippen LogP contribution in [0.25, 0.3) is 21.8 Å². The second-order valence-corrected chi connectivity index (χ2v) is 11.1. The number of anilines is 1. The summed E-state index contributed by atoms with van der Waals surface area (Å²) in [6.45, 7) is 6.04. The predicted octanol–water partition coefficient (Wildman–Crippen LogP) is 4.14. The second-order valence-electron chi connectivity index (χ2n) is 9.09. The van der Waals surface area contributed by atoms with Crippen molar-refractivity contribution in [1.29, 1.82) is 0 Å². The van der Waals surface area contributed by atoms with Crippen molar-refractivity contribution in [3.63, 3.8) is 0 Å². The number of aromatic nitrogens is 1. The zero-order chi connectivity index (χ0) is 24.6. The van der Waals surface area contributed by atoms with Gasteiger partial charge in [0.25, 0.3) is 5.91 Å². The minimum absolute atomic E-state index is 0.146. The second kappa shape index (κ2) is 9.45. The number of nitrogens with one attached hydrogen (secondary N) is 1. The Hall–Kier alpha value is -3.20. The monoisotopic (exact) mass is 490 g/mol. The highest BCUT2D eigenvalue weighted by Crippen LogP contribution is 2.31. The molecule has 3 aromatic carbocycles. The number of hydrogen-bond acceptors (Lipinski definition) is 4. The molecule has 1 fully saturated rings. The van der Waals surface area contributed by atoms with Gasteiger partial charge >= 0.3 is 0 Å². The Morgan fingerprint density at radius 1 is 0.886 bits per heavy atom. The van der Waals surface area contributed by atoms with E-state index in [1.54, 1.807) is 0 Å². The fourth-order valence-electron chi connectivity index (χ4n) is 4.96. The van der Waals surface area contributed by atoms with Crippen LogP contribution in [0.15, 0.2) is 66.7 Å². The van der Waals surface area contributed by atoms with E-state index >= 15 is 0 Å². The molecule has 0 bridgehead atoms. The van der Waals surface area contributed by atoms with Gasteiger partial charge in [-0.1, -0.05) is 30.3 Å². The van der Waals surface area contributed by atoms with Crippen molar-refractivity contribution in [3.8, 4) is 0 Å². The average molecular weight is 491 g/mol. The number of fused-ring (bicyclic) bond motifs is 3. The number of para-hydroxylation sites is 1. The van der Waals surface area contributed by atoms with E-state index in [9.17, 15) is 13.2 Å². The van der Waals surface area contributed by atoms with Crippen molar-refractivity contribution in [3.05, 3.63) is 77.9 Å². The maximum Gasteiger partial charge on any atom is 0.255 e. The molecule has 1 aliphatic rings. The number of aryl methyl sites for hydroxylation is 1. The fourth-order valence-corrected chi connectivity index (χ4v) is 5.79. The molecule has 0 aliphatic carbocycles. The van der Waals surface area contributed by atoms with Gasteiger partial charge in [0.05, 0.1) is 6.26 Å². The summed E-state index contributed by atoms with van der Waals surface area (Å²) in [5.41, 5.74) is 4.76. The number of rotatable bonds is 6. The van der Waals surface area contributed by atoms with Gasteiger partial charge in [-0.15, -0.1) is 0 Å². The van der Waals surface area contributed by atoms with Crippen LogP contribution in [0.4, 0.5) is 5.69 Å². The average Bonchev–Trinajstić information content (AvgIpc) is 3.17. The molecule has 1 aliphatic heterocycles. The van der Waals surface area contributed by atoms with E-state index in [1.165, 1.54) is 21.5 Å². The Kier molecular flexibility index (Phi) is 6.35. The Bertz CT molecular complexity index is 1500. The normalized spacial score (nSPS) is 15.6. The zero-order valence-electron chi connectivity index (χ0n) is 20.1. The summed E-state index contributed by atoms with van der Waals surface area (Å²) >= 11 is 0. The van der Waals surface area contributed by atoms with Gasteiger partial charge in [0, 0.05) is 72.3 Å². The number of sulfonamides is 1. The molecule has 1 saturated heterocycles. The van der Waals surface area contributed by atoms with Crippen molar-refractivity contribution in [2.24, 2.45) is 0 Å². The van der Waals surface area contributed by atoms with Gasteiger partial charge < -0.3 is 9.88 Å². The van der Waals surface area contributed by atoms with E-state index in [1.807, 2.05) is 42.5 Å².